The second kappa shape index (κ2) is 7.15. The lowest BCUT2D eigenvalue weighted by molar-refractivity contribution is 0.0693. The second-order valence-electron chi connectivity index (χ2n) is 6.21. The molecule has 0 unspecified atom stereocenters. The molecule has 1 aliphatic rings. The minimum atomic E-state index is -3.81. The normalized spacial score (nSPS) is 15.9. The number of aromatic nitrogens is 2. The molecular weight excluding hydrogens is 410 g/mol. The van der Waals surface area contributed by atoms with Crippen LogP contribution in [0, 0.1) is 11.6 Å². The van der Waals surface area contributed by atoms with E-state index in [9.17, 15) is 22.0 Å². The lowest BCUT2D eigenvalue weighted by Crippen LogP contribution is -2.50. The number of rotatable bonds is 3. The molecule has 1 aromatic heterocycles. The molecule has 0 bridgehead atoms. The van der Waals surface area contributed by atoms with Crippen LogP contribution in [-0.2, 0) is 10.0 Å². The summed E-state index contributed by atoms with van der Waals surface area (Å²) >= 11 is 0.936. The summed E-state index contributed by atoms with van der Waals surface area (Å²) in [4.78, 5) is 13.9. The quantitative estimate of drug-likeness (QED) is 0.643. The maximum atomic E-state index is 13.9. The zero-order valence-corrected chi connectivity index (χ0v) is 16.0. The molecule has 7 nitrogen and oxygen atoms in total. The molecule has 0 spiro atoms. The number of carbonyl (C=O) groups excluding carboxylic acids is 1. The number of piperazine rings is 1. The Morgan fingerprint density at radius 1 is 1.04 bits per heavy atom. The number of amides is 1. The van der Waals surface area contributed by atoms with Crippen molar-refractivity contribution in [3.8, 4) is 0 Å². The molecule has 0 N–H and O–H groups in total. The first kappa shape index (κ1) is 18.8. The number of halogens is 2. The van der Waals surface area contributed by atoms with Crippen LogP contribution in [0.4, 0.5) is 8.78 Å². The first-order valence-corrected chi connectivity index (χ1v) is 10.5. The van der Waals surface area contributed by atoms with E-state index >= 15 is 0 Å². The Labute approximate surface area is 163 Å². The van der Waals surface area contributed by atoms with Gasteiger partial charge in [-0.3, -0.25) is 4.79 Å². The van der Waals surface area contributed by atoms with Crippen LogP contribution in [-0.4, -0.2) is 58.5 Å². The second-order valence-corrected chi connectivity index (χ2v) is 8.64. The van der Waals surface area contributed by atoms with Crippen LogP contribution >= 0.6 is 11.7 Å². The molecule has 146 valence electrons. The minimum absolute atomic E-state index is 0.0604. The largest absolute Gasteiger partial charge is 0.336 e. The molecule has 11 heteroatoms. The van der Waals surface area contributed by atoms with Crippen LogP contribution in [0.15, 0.2) is 41.3 Å². The number of sulfonamides is 1. The Hall–Kier alpha value is -2.50. The monoisotopic (exact) mass is 424 g/mol. The van der Waals surface area contributed by atoms with Crippen molar-refractivity contribution >= 4 is 38.7 Å². The van der Waals surface area contributed by atoms with E-state index in [4.69, 9.17) is 0 Å². The first-order valence-electron chi connectivity index (χ1n) is 8.34. The van der Waals surface area contributed by atoms with Gasteiger partial charge in [-0.1, -0.05) is 6.07 Å². The van der Waals surface area contributed by atoms with Gasteiger partial charge in [0, 0.05) is 32.2 Å². The summed E-state index contributed by atoms with van der Waals surface area (Å²) in [5.74, 6) is -2.31. The first-order chi connectivity index (χ1) is 13.4. The number of benzene rings is 2. The fourth-order valence-corrected chi connectivity index (χ4v) is 5.27. The van der Waals surface area contributed by atoms with Crippen molar-refractivity contribution in [2.45, 2.75) is 4.90 Å². The molecule has 4 rings (SSSR count). The molecule has 0 aliphatic carbocycles. The number of fused-ring (bicyclic) bond motifs is 1. The molecule has 1 aliphatic heterocycles. The Kier molecular flexibility index (Phi) is 4.81. The molecule has 1 saturated heterocycles. The summed E-state index contributed by atoms with van der Waals surface area (Å²) in [5.41, 5.74) is 0.585. The summed E-state index contributed by atoms with van der Waals surface area (Å²) in [7, 11) is -3.81. The highest BCUT2D eigenvalue weighted by molar-refractivity contribution is 7.89. The summed E-state index contributed by atoms with van der Waals surface area (Å²) in [6.45, 7) is 0.316. The van der Waals surface area contributed by atoms with Gasteiger partial charge in [-0.15, -0.1) is 0 Å². The summed E-state index contributed by atoms with van der Waals surface area (Å²) in [6, 6.07) is 7.52. The molecule has 0 atom stereocenters. The number of nitrogens with zero attached hydrogens (tertiary/aromatic N) is 4. The fourth-order valence-electron chi connectivity index (χ4n) is 3.09. The number of hydrogen-bond acceptors (Lipinski definition) is 6. The molecular formula is C17H14F2N4O3S2. The average molecular weight is 424 g/mol. The van der Waals surface area contributed by atoms with Gasteiger partial charge in [-0.2, -0.15) is 13.1 Å². The third-order valence-electron chi connectivity index (χ3n) is 4.55. The summed E-state index contributed by atoms with van der Waals surface area (Å²) < 4.78 is 62.3. The molecule has 2 heterocycles. The van der Waals surface area contributed by atoms with Crippen molar-refractivity contribution in [1.82, 2.24) is 18.0 Å². The average Bonchev–Trinajstić information content (AvgIpc) is 3.16. The Balaban J connectivity index is 1.52. The Bertz CT molecular complexity index is 1160. The van der Waals surface area contributed by atoms with E-state index in [2.05, 4.69) is 8.75 Å². The highest BCUT2D eigenvalue weighted by atomic mass is 32.2. The third kappa shape index (κ3) is 3.25. The van der Waals surface area contributed by atoms with Crippen molar-refractivity contribution < 1.29 is 22.0 Å². The van der Waals surface area contributed by atoms with Crippen LogP contribution in [0.3, 0.4) is 0 Å². The lowest BCUT2D eigenvalue weighted by Gasteiger charge is -2.34. The van der Waals surface area contributed by atoms with Gasteiger partial charge in [0.15, 0.2) is 0 Å². The van der Waals surface area contributed by atoms with E-state index in [1.807, 2.05) is 0 Å². The van der Waals surface area contributed by atoms with E-state index < -0.39 is 27.6 Å². The number of hydrogen-bond donors (Lipinski definition) is 0. The van der Waals surface area contributed by atoms with E-state index in [1.165, 1.54) is 15.3 Å². The topological polar surface area (TPSA) is 83.5 Å². The molecule has 28 heavy (non-hydrogen) atoms. The van der Waals surface area contributed by atoms with Gasteiger partial charge in [0.2, 0.25) is 10.0 Å². The third-order valence-corrected chi connectivity index (χ3v) is 7.03. The van der Waals surface area contributed by atoms with Gasteiger partial charge >= 0.3 is 0 Å². The lowest BCUT2D eigenvalue weighted by atomic mass is 10.1. The Morgan fingerprint density at radius 3 is 2.50 bits per heavy atom. The van der Waals surface area contributed by atoms with E-state index in [1.54, 1.807) is 12.1 Å². The van der Waals surface area contributed by atoms with E-state index in [0.29, 0.717) is 17.1 Å². The van der Waals surface area contributed by atoms with E-state index in [0.717, 1.165) is 23.9 Å². The van der Waals surface area contributed by atoms with Crippen molar-refractivity contribution in [1.29, 1.82) is 0 Å². The predicted octanol–water partition coefficient (Wildman–Crippen LogP) is 2.12. The highest BCUT2D eigenvalue weighted by Crippen LogP contribution is 2.25. The standard InChI is InChI=1S/C17H14F2N4O3S2/c18-11-4-5-12(13(19)10-11)17(24)22-6-8-23(9-7-22)28(25,26)15-3-1-2-14-16(15)21-27-20-14/h1-5,10H,6-9H2. The summed E-state index contributed by atoms with van der Waals surface area (Å²) in [5, 5.41) is 0. The molecule has 2 aromatic carbocycles. The van der Waals surface area contributed by atoms with Crippen LogP contribution in [0.5, 0.6) is 0 Å². The van der Waals surface area contributed by atoms with Crippen molar-refractivity contribution in [3.63, 3.8) is 0 Å². The van der Waals surface area contributed by atoms with Gasteiger partial charge in [0.25, 0.3) is 5.91 Å². The smallest absolute Gasteiger partial charge is 0.256 e. The molecule has 3 aromatic rings. The van der Waals surface area contributed by atoms with Crippen LogP contribution in [0.1, 0.15) is 10.4 Å². The van der Waals surface area contributed by atoms with Crippen LogP contribution in [0.25, 0.3) is 11.0 Å². The fraction of sp³-hybridized carbons (Fsp3) is 0.235. The predicted molar refractivity (Wildman–Crippen MR) is 98.4 cm³/mol. The van der Waals surface area contributed by atoms with Crippen molar-refractivity contribution in [3.05, 3.63) is 53.6 Å². The molecule has 0 radical (unpaired) electrons. The van der Waals surface area contributed by atoms with Gasteiger partial charge in [0.05, 0.1) is 17.3 Å². The van der Waals surface area contributed by atoms with Crippen LogP contribution in [0.2, 0.25) is 0 Å². The van der Waals surface area contributed by atoms with Crippen LogP contribution < -0.4 is 0 Å². The highest BCUT2D eigenvalue weighted by Gasteiger charge is 2.32. The zero-order valence-electron chi connectivity index (χ0n) is 14.4. The SMILES string of the molecule is O=C(c1ccc(F)cc1F)N1CCN(S(=O)(=O)c2cccc3nsnc23)CC1. The van der Waals surface area contributed by atoms with E-state index in [-0.39, 0.29) is 36.6 Å². The Morgan fingerprint density at radius 2 is 1.79 bits per heavy atom. The zero-order chi connectivity index (χ0) is 19.9. The number of carbonyl (C=O) groups is 1. The van der Waals surface area contributed by atoms with Gasteiger partial charge in [-0.05, 0) is 24.3 Å². The molecule has 1 fully saturated rings. The molecule has 0 saturated carbocycles. The maximum absolute atomic E-state index is 13.9. The van der Waals surface area contributed by atoms with Gasteiger partial charge in [0.1, 0.15) is 27.6 Å². The van der Waals surface area contributed by atoms with Gasteiger partial charge < -0.3 is 4.90 Å². The van der Waals surface area contributed by atoms with Crippen molar-refractivity contribution in [2.75, 3.05) is 26.2 Å². The maximum Gasteiger partial charge on any atom is 0.256 e. The van der Waals surface area contributed by atoms with Gasteiger partial charge in [-0.25, -0.2) is 17.2 Å². The van der Waals surface area contributed by atoms with Crippen molar-refractivity contribution in [2.24, 2.45) is 0 Å². The minimum Gasteiger partial charge on any atom is -0.336 e. The molecule has 1 amide bonds. The summed E-state index contributed by atoms with van der Waals surface area (Å²) in [6.07, 6.45) is 0.